The lowest BCUT2D eigenvalue weighted by molar-refractivity contribution is -0.137. The predicted molar refractivity (Wildman–Crippen MR) is 123 cm³/mol. The molecule has 0 unspecified atom stereocenters. The molecule has 3 aromatic rings. The van der Waals surface area contributed by atoms with Crippen molar-refractivity contribution >= 4 is 39.2 Å². The van der Waals surface area contributed by atoms with Crippen LogP contribution in [0.4, 0.5) is 13.2 Å². The zero-order chi connectivity index (χ0) is 23.2. The number of aromatic nitrogens is 2. The van der Waals surface area contributed by atoms with Gasteiger partial charge in [0.2, 0.25) is 5.91 Å². The van der Waals surface area contributed by atoms with Crippen molar-refractivity contribution in [3.05, 3.63) is 50.6 Å². The van der Waals surface area contributed by atoms with Gasteiger partial charge in [-0.1, -0.05) is 17.8 Å². The first-order chi connectivity index (χ1) is 15.8. The molecule has 1 amide bonds. The largest absolute Gasteiger partial charge is 0.416 e. The second-order valence-electron chi connectivity index (χ2n) is 8.35. The fourth-order valence-electron chi connectivity index (χ4n) is 4.52. The number of hydrogen-bond donors (Lipinski definition) is 0. The van der Waals surface area contributed by atoms with E-state index in [0.29, 0.717) is 23.3 Å². The molecule has 0 spiro atoms. The van der Waals surface area contributed by atoms with E-state index in [-0.39, 0.29) is 28.1 Å². The van der Waals surface area contributed by atoms with E-state index in [2.05, 4.69) is 0 Å². The molecular formula is C23H22F3N3O2S2. The molecule has 0 radical (unpaired) electrons. The quantitative estimate of drug-likeness (QED) is 0.377. The van der Waals surface area contributed by atoms with Gasteiger partial charge in [-0.15, -0.1) is 11.3 Å². The molecule has 33 heavy (non-hydrogen) atoms. The smallest absolute Gasteiger partial charge is 0.342 e. The number of amides is 1. The molecule has 3 heterocycles. The molecule has 1 fully saturated rings. The number of rotatable bonds is 4. The monoisotopic (exact) mass is 493 g/mol. The fraction of sp³-hybridized carbons (Fsp3) is 0.435. The highest BCUT2D eigenvalue weighted by molar-refractivity contribution is 7.99. The number of likely N-dealkylation sites (tertiary alicyclic amines) is 1. The van der Waals surface area contributed by atoms with Gasteiger partial charge in [-0.25, -0.2) is 4.98 Å². The number of thiophene rings is 1. The van der Waals surface area contributed by atoms with Crippen LogP contribution < -0.4 is 5.56 Å². The van der Waals surface area contributed by atoms with Crippen LogP contribution in [0.3, 0.4) is 0 Å². The number of carbonyl (C=O) groups is 1. The van der Waals surface area contributed by atoms with Crippen LogP contribution in [0, 0.1) is 0 Å². The molecule has 10 heteroatoms. The van der Waals surface area contributed by atoms with Crippen LogP contribution in [0.2, 0.25) is 0 Å². The molecular weight excluding hydrogens is 471 g/mol. The molecule has 174 valence electrons. The van der Waals surface area contributed by atoms with Crippen molar-refractivity contribution in [3.8, 4) is 5.69 Å². The Labute approximate surface area is 196 Å². The Morgan fingerprint density at radius 1 is 1.12 bits per heavy atom. The van der Waals surface area contributed by atoms with Gasteiger partial charge in [-0.2, -0.15) is 13.2 Å². The Hall–Kier alpha value is -2.33. The third-order valence-electron chi connectivity index (χ3n) is 6.17. The summed E-state index contributed by atoms with van der Waals surface area (Å²) in [6.07, 6.45) is 1.09. The Kier molecular flexibility index (Phi) is 5.98. The minimum absolute atomic E-state index is 0.0482. The van der Waals surface area contributed by atoms with Crippen molar-refractivity contribution in [2.24, 2.45) is 0 Å². The van der Waals surface area contributed by atoms with Crippen LogP contribution in [-0.2, 0) is 23.8 Å². The van der Waals surface area contributed by atoms with Crippen LogP contribution in [0.5, 0.6) is 0 Å². The summed E-state index contributed by atoms with van der Waals surface area (Å²) in [5.41, 5.74) is -0.112. The molecule has 0 atom stereocenters. The Morgan fingerprint density at radius 3 is 2.64 bits per heavy atom. The number of fused-ring (bicyclic) bond motifs is 3. The van der Waals surface area contributed by atoms with E-state index in [1.54, 1.807) is 4.90 Å². The van der Waals surface area contributed by atoms with Crippen LogP contribution in [0.1, 0.15) is 41.7 Å². The minimum Gasteiger partial charge on any atom is -0.342 e. The summed E-state index contributed by atoms with van der Waals surface area (Å²) in [6.45, 7) is 1.42. The highest BCUT2D eigenvalue weighted by Crippen LogP contribution is 2.36. The lowest BCUT2D eigenvalue weighted by Crippen LogP contribution is -2.29. The van der Waals surface area contributed by atoms with Gasteiger partial charge in [0.15, 0.2) is 5.16 Å². The van der Waals surface area contributed by atoms with E-state index in [0.717, 1.165) is 72.9 Å². The maximum atomic E-state index is 13.7. The summed E-state index contributed by atoms with van der Waals surface area (Å²) in [5, 5.41) is 0.750. The normalized spacial score (nSPS) is 16.4. The summed E-state index contributed by atoms with van der Waals surface area (Å²) in [6, 6.07) is 4.73. The highest BCUT2D eigenvalue weighted by atomic mass is 32.2. The minimum atomic E-state index is -4.53. The van der Waals surface area contributed by atoms with Gasteiger partial charge in [-0.05, 0) is 62.3 Å². The van der Waals surface area contributed by atoms with E-state index < -0.39 is 11.7 Å². The van der Waals surface area contributed by atoms with Crippen molar-refractivity contribution in [2.75, 3.05) is 18.8 Å². The first-order valence-electron chi connectivity index (χ1n) is 11.0. The second kappa shape index (κ2) is 8.79. The van der Waals surface area contributed by atoms with Crippen LogP contribution in [0.15, 0.2) is 34.2 Å². The molecule has 2 aromatic heterocycles. The van der Waals surface area contributed by atoms with Crippen molar-refractivity contribution in [3.63, 3.8) is 0 Å². The number of nitrogens with zero attached hydrogens (tertiary/aromatic N) is 3. The Balaban J connectivity index is 1.63. The van der Waals surface area contributed by atoms with Crippen LogP contribution in [-0.4, -0.2) is 39.2 Å². The molecule has 0 bridgehead atoms. The zero-order valence-electron chi connectivity index (χ0n) is 17.8. The molecule has 1 aliphatic heterocycles. The Bertz CT molecular complexity index is 1280. The van der Waals surface area contributed by atoms with Crippen LogP contribution >= 0.6 is 23.1 Å². The van der Waals surface area contributed by atoms with Gasteiger partial charge in [0.25, 0.3) is 5.56 Å². The Morgan fingerprint density at radius 2 is 1.88 bits per heavy atom. The van der Waals surface area contributed by atoms with Gasteiger partial charge in [0.05, 0.1) is 22.4 Å². The van der Waals surface area contributed by atoms with Crippen molar-refractivity contribution in [1.82, 2.24) is 14.5 Å². The number of benzene rings is 1. The summed E-state index contributed by atoms with van der Waals surface area (Å²) < 4.78 is 41.4. The SMILES string of the molecule is O=C(CSc1nc2sc3c(c2c(=O)n1-c1cccc(C(F)(F)F)c1)CCCC3)N1CCCC1. The number of carbonyl (C=O) groups excluding carboxylic acids is 1. The lowest BCUT2D eigenvalue weighted by atomic mass is 9.97. The van der Waals surface area contributed by atoms with Crippen molar-refractivity contribution in [1.29, 1.82) is 0 Å². The zero-order valence-corrected chi connectivity index (χ0v) is 19.4. The highest BCUT2D eigenvalue weighted by Gasteiger charge is 2.31. The van der Waals surface area contributed by atoms with E-state index in [1.807, 2.05) is 0 Å². The van der Waals surface area contributed by atoms with Gasteiger partial charge in [-0.3, -0.25) is 14.2 Å². The van der Waals surface area contributed by atoms with Crippen molar-refractivity contribution in [2.45, 2.75) is 49.9 Å². The van der Waals surface area contributed by atoms with E-state index in [1.165, 1.54) is 28.0 Å². The average molecular weight is 494 g/mol. The number of hydrogen-bond acceptors (Lipinski definition) is 5. The maximum Gasteiger partial charge on any atom is 0.416 e. The number of aryl methyl sites for hydroxylation is 2. The summed E-state index contributed by atoms with van der Waals surface area (Å²) >= 11 is 2.60. The molecule has 1 aromatic carbocycles. The number of alkyl halides is 3. The van der Waals surface area contributed by atoms with E-state index in [9.17, 15) is 22.8 Å². The molecule has 1 aliphatic carbocycles. The first-order valence-corrected chi connectivity index (χ1v) is 12.8. The third kappa shape index (κ3) is 4.30. The fourth-order valence-corrected chi connectivity index (χ4v) is 6.73. The second-order valence-corrected chi connectivity index (χ2v) is 10.4. The van der Waals surface area contributed by atoms with Gasteiger partial charge < -0.3 is 4.90 Å². The predicted octanol–water partition coefficient (Wildman–Crippen LogP) is 5.06. The summed E-state index contributed by atoms with van der Waals surface area (Å²) in [7, 11) is 0. The summed E-state index contributed by atoms with van der Waals surface area (Å²) in [4.78, 5) is 34.5. The molecule has 0 N–H and O–H groups in total. The molecule has 5 nitrogen and oxygen atoms in total. The molecule has 1 saturated heterocycles. The van der Waals surface area contributed by atoms with Crippen LogP contribution in [0.25, 0.3) is 15.9 Å². The summed E-state index contributed by atoms with van der Waals surface area (Å²) in [5.74, 6) is 0.0371. The third-order valence-corrected chi connectivity index (χ3v) is 8.28. The topological polar surface area (TPSA) is 55.2 Å². The number of thioether (sulfide) groups is 1. The lowest BCUT2D eigenvalue weighted by Gasteiger charge is -2.17. The standard InChI is InChI=1S/C23H22F3N3O2S2/c24-23(25,26)14-6-5-7-15(12-14)29-21(31)19-16-8-1-2-9-17(16)33-20(19)27-22(29)32-13-18(30)28-10-3-4-11-28/h5-7,12H,1-4,8-11,13H2. The van der Waals surface area contributed by atoms with Crippen molar-refractivity contribution < 1.29 is 18.0 Å². The van der Waals surface area contributed by atoms with Gasteiger partial charge >= 0.3 is 6.18 Å². The van der Waals surface area contributed by atoms with Gasteiger partial charge in [0, 0.05) is 18.0 Å². The molecule has 2 aliphatic rings. The van der Waals surface area contributed by atoms with Gasteiger partial charge in [0.1, 0.15) is 4.83 Å². The molecule has 0 saturated carbocycles. The molecule has 5 rings (SSSR count). The van der Waals surface area contributed by atoms with E-state index in [4.69, 9.17) is 4.98 Å². The van der Waals surface area contributed by atoms with E-state index >= 15 is 0 Å². The first kappa shape index (κ1) is 22.5. The maximum absolute atomic E-state index is 13.7. The average Bonchev–Trinajstić information content (AvgIpc) is 3.45. The number of halogens is 3.